The van der Waals surface area contributed by atoms with Gasteiger partial charge in [-0.25, -0.2) is 0 Å². The Kier molecular flexibility index (Phi) is 5.96. The summed E-state index contributed by atoms with van der Waals surface area (Å²) in [7, 11) is 0. The monoisotopic (exact) mass is 652 g/mol. The zero-order valence-electron chi connectivity index (χ0n) is 27.4. The Labute approximate surface area is 292 Å². The summed E-state index contributed by atoms with van der Waals surface area (Å²) >= 11 is 0. The van der Waals surface area contributed by atoms with Crippen LogP contribution in [0.1, 0.15) is 0 Å². The molecule has 0 saturated heterocycles. The lowest BCUT2D eigenvalue weighted by atomic mass is 9.95. The minimum atomic E-state index is 0.894. The Bertz CT molecular complexity index is 2900. The predicted octanol–water partition coefficient (Wildman–Crippen LogP) is 14.1. The first-order valence-corrected chi connectivity index (χ1v) is 17.2. The Morgan fingerprint density at radius 2 is 0.569 bits per heavy atom. The van der Waals surface area contributed by atoms with Gasteiger partial charge in [0.25, 0.3) is 0 Å². The van der Waals surface area contributed by atoms with Crippen LogP contribution in [-0.2, 0) is 0 Å². The third-order valence-corrected chi connectivity index (χ3v) is 10.3. The van der Waals surface area contributed by atoms with Gasteiger partial charge in [0, 0.05) is 43.4 Å². The largest absolute Gasteiger partial charge is 0.456 e. The summed E-state index contributed by atoms with van der Waals surface area (Å²) in [6.45, 7) is 0. The molecule has 0 aliphatic carbocycles. The molecular formula is C48H28O3. The first-order valence-electron chi connectivity index (χ1n) is 17.2. The number of benzene rings is 8. The average molecular weight is 653 g/mol. The number of furan rings is 3. The van der Waals surface area contributed by atoms with E-state index in [0.29, 0.717) is 0 Å². The lowest BCUT2D eigenvalue weighted by Crippen LogP contribution is -1.82. The second-order valence-electron chi connectivity index (χ2n) is 13.2. The standard InChI is InChI=1S/C48H28O3/c1-3-17-41-39(9-1)45-33(11-7-19-43(45)49-41)29-21-25-31(26-22-29)35-13-5-15-37-38-16-6-14-36(48(38)51-47(35)37)32-27-23-30(24-28-32)34-12-8-20-44-46(34)40-10-2-4-18-42(40)50-44/h1-28H. The molecule has 3 nitrogen and oxygen atoms in total. The van der Waals surface area contributed by atoms with Crippen LogP contribution in [0.15, 0.2) is 183 Å². The quantitative estimate of drug-likeness (QED) is 0.190. The molecule has 3 aromatic heterocycles. The zero-order valence-corrected chi connectivity index (χ0v) is 27.4. The van der Waals surface area contributed by atoms with E-state index in [1.807, 2.05) is 36.4 Å². The van der Waals surface area contributed by atoms with Gasteiger partial charge in [0.15, 0.2) is 0 Å². The SMILES string of the molecule is c1ccc2c(c1)oc1cccc(-c3ccc(-c4cccc5c4oc4c(-c6ccc(-c7cccc8oc9ccccc9c78)cc6)cccc45)cc3)c12. The predicted molar refractivity (Wildman–Crippen MR) is 210 cm³/mol. The van der Waals surface area contributed by atoms with E-state index in [1.54, 1.807) is 0 Å². The molecule has 0 amide bonds. The van der Waals surface area contributed by atoms with E-state index < -0.39 is 0 Å². The molecule has 0 aliphatic heterocycles. The Balaban J connectivity index is 0.986. The van der Waals surface area contributed by atoms with Crippen LogP contribution in [0.5, 0.6) is 0 Å². The minimum absolute atomic E-state index is 0.894. The summed E-state index contributed by atoms with van der Waals surface area (Å²) in [6.07, 6.45) is 0. The first kappa shape index (κ1) is 28.0. The van der Waals surface area contributed by atoms with E-state index in [0.717, 1.165) is 110 Å². The van der Waals surface area contributed by atoms with Crippen LogP contribution in [0.4, 0.5) is 0 Å². The van der Waals surface area contributed by atoms with Gasteiger partial charge in [-0.15, -0.1) is 0 Å². The van der Waals surface area contributed by atoms with E-state index in [9.17, 15) is 0 Å². The maximum Gasteiger partial charge on any atom is 0.143 e. The molecule has 0 radical (unpaired) electrons. The van der Waals surface area contributed by atoms with Crippen molar-refractivity contribution >= 4 is 65.8 Å². The van der Waals surface area contributed by atoms with Crippen molar-refractivity contribution in [3.05, 3.63) is 170 Å². The van der Waals surface area contributed by atoms with E-state index in [4.69, 9.17) is 13.3 Å². The van der Waals surface area contributed by atoms with Gasteiger partial charge >= 0.3 is 0 Å². The van der Waals surface area contributed by atoms with Crippen LogP contribution in [-0.4, -0.2) is 0 Å². The van der Waals surface area contributed by atoms with Gasteiger partial charge in [-0.1, -0.05) is 146 Å². The van der Waals surface area contributed by atoms with Crippen molar-refractivity contribution in [1.29, 1.82) is 0 Å². The van der Waals surface area contributed by atoms with Gasteiger partial charge in [-0.05, 0) is 57.6 Å². The van der Waals surface area contributed by atoms with Crippen LogP contribution in [0.25, 0.3) is 110 Å². The fraction of sp³-hybridized carbons (Fsp3) is 0. The molecule has 0 N–H and O–H groups in total. The number of rotatable bonds is 4. The molecule has 51 heavy (non-hydrogen) atoms. The fourth-order valence-corrected chi connectivity index (χ4v) is 7.96. The smallest absolute Gasteiger partial charge is 0.143 e. The molecule has 0 atom stereocenters. The third kappa shape index (κ3) is 4.25. The molecule has 0 aliphatic rings. The number of para-hydroxylation sites is 4. The van der Waals surface area contributed by atoms with Gasteiger partial charge in [-0.3, -0.25) is 0 Å². The maximum atomic E-state index is 6.82. The van der Waals surface area contributed by atoms with Crippen LogP contribution < -0.4 is 0 Å². The highest BCUT2D eigenvalue weighted by atomic mass is 16.3. The second-order valence-corrected chi connectivity index (χ2v) is 13.2. The lowest BCUT2D eigenvalue weighted by molar-refractivity contribution is 0.668. The van der Waals surface area contributed by atoms with E-state index in [2.05, 4.69) is 133 Å². The first-order chi connectivity index (χ1) is 25.3. The lowest BCUT2D eigenvalue weighted by Gasteiger charge is -2.07. The average Bonchev–Trinajstić information content (AvgIpc) is 3.89. The molecule has 0 saturated carbocycles. The van der Waals surface area contributed by atoms with Crippen molar-refractivity contribution in [2.24, 2.45) is 0 Å². The van der Waals surface area contributed by atoms with Crippen molar-refractivity contribution in [3.63, 3.8) is 0 Å². The van der Waals surface area contributed by atoms with Gasteiger partial charge in [0.05, 0.1) is 0 Å². The minimum Gasteiger partial charge on any atom is -0.456 e. The topological polar surface area (TPSA) is 39.4 Å². The van der Waals surface area contributed by atoms with Crippen LogP contribution in [0.3, 0.4) is 0 Å². The fourth-order valence-electron chi connectivity index (χ4n) is 7.96. The Morgan fingerprint density at radius 3 is 1.02 bits per heavy atom. The molecular weight excluding hydrogens is 625 g/mol. The summed E-state index contributed by atoms with van der Waals surface area (Å²) in [4.78, 5) is 0. The van der Waals surface area contributed by atoms with Crippen molar-refractivity contribution in [2.45, 2.75) is 0 Å². The van der Waals surface area contributed by atoms with Crippen molar-refractivity contribution in [2.75, 3.05) is 0 Å². The second kappa shape index (κ2) is 10.8. The summed E-state index contributed by atoms with van der Waals surface area (Å²) in [6, 6.07) is 59.5. The third-order valence-electron chi connectivity index (χ3n) is 10.3. The maximum absolute atomic E-state index is 6.82. The summed E-state index contributed by atoms with van der Waals surface area (Å²) in [5.74, 6) is 0. The molecule has 0 bridgehead atoms. The van der Waals surface area contributed by atoms with Crippen LogP contribution in [0, 0.1) is 0 Å². The Hall–Kier alpha value is -6.84. The highest BCUT2D eigenvalue weighted by Gasteiger charge is 2.18. The molecule has 3 heteroatoms. The number of fused-ring (bicyclic) bond motifs is 9. The van der Waals surface area contributed by atoms with Crippen molar-refractivity contribution in [3.8, 4) is 44.5 Å². The highest BCUT2D eigenvalue weighted by molar-refractivity contribution is 6.15. The molecule has 8 aromatic carbocycles. The molecule has 238 valence electrons. The Morgan fingerprint density at radius 1 is 0.235 bits per heavy atom. The van der Waals surface area contributed by atoms with Gasteiger partial charge in [0.1, 0.15) is 33.5 Å². The summed E-state index contributed by atoms with van der Waals surface area (Å²) in [5, 5.41) is 6.78. The van der Waals surface area contributed by atoms with Gasteiger partial charge in [0.2, 0.25) is 0 Å². The normalized spacial score (nSPS) is 11.9. The highest BCUT2D eigenvalue weighted by Crippen LogP contribution is 2.42. The number of hydrogen-bond acceptors (Lipinski definition) is 3. The van der Waals surface area contributed by atoms with Crippen molar-refractivity contribution in [1.82, 2.24) is 0 Å². The molecule has 0 spiro atoms. The molecule has 11 aromatic rings. The van der Waals surface area contributed by atoms with Crippen LogP contribution >= 0.6 is 0 Å². The van der Waals surface area contributed by atoms with E-state index >= 15 is 0 Å². The zero-order chi connectivity index (χ0) is 33.5. The molecule has 0 unspecified atom stereocenters. The molecule has 3 heterocycles. The van der Waals surface area contributed by atoms with Crippen molar-refractivity contribution < 1.29 is 13.3 Å². The summed E-state index contributed by atoms with van der Waals surface area (Å²) < 4.78 is 19.1. The number of hydrogen-bond donors (Lipinski definition) is 0. The molecule has 0 fully saturated rings. The van der Waals surface area contributed by atoms with Crippen LogP contribution in [0.2, 0.25) is 0 Å². The summed E-state index contributed by atoms with van der Waals surface area (Å²) in [5.41, 5.74) is 14.4. The van der Waals surface area contributed by atoms with Gasteiger partial charge < -0.3 is 13.3 Å². The molecule has 11 rings (SSSR count). The van der Waals surface area contributed by atoms with Gasteiger partial charge in [-0.2, -0.15) is 0 Å². The van der Waals surface area contributed by atoms with E-state index in [-0.39, 0.29) is 0 Å². The van der Waals surface area contributed by atoms with E-state index in [1.165, 1.54) is 0 Å².